The Morgan fingerprint density at radius 2 is 2.05 bits per heavy atom. The summed E-state index contributed by atoms with van der Waals surface area (Å²) in [6.45, 7) is 1.84. The molecule has 2 N–H and O–H groups in total. The van der Waals surface area contributed by atoms with E-state index in [4.69, 9.17) is 0 Å². The van der Waals surface area contributed by atoms with Crippen LogP contribution in [0.1, 0.15) is 5.56 Å². The number of anilines is 2. The second-order valence-electron chi connectivity index (χ2n) is 4.40. The van der Waals surface area contributed by atoms with E-state index in [1.165, 1.54) is 6.07 Å². The molecule has 20 heavy (non-hydrogen) atoms. The topological polar surface area (TPSA) is 41.1 Å². The minimum absolute atomic E-state index is 0.0193. The normalized spacial score (nSPS) is 10.2. The third-order valence-electron chi connectivity index (χ3n) is 2.67. The Labute approximate surface area is 130 Å². The highest BCUT2D eigenvalue weighted by atomic mass is 127. The van der Waals surface area contributed by atoms with Crippen LogP contribution in [0.3, 0.4) is 0 Å². The monoisotopic (exact) mass is 384 g/mol. The highest BCUT2D eigenvalue weighted by Crippen LogP contribution is 2.15. The standard InChI is InChI=1S/C15H14FIN2O/c1-10-5-6-14(13(16)7-10)18-9-15(20)19-12-4-2-3-11(17)8-12/h2-8,18H,9H2,1H3,(H,19,20). The number of nitrogens with one attached hydrogen (secondary N) is 2. The average Bonchev–Trinajstić information content (AvgIpc) is 2.37. The summed E-state index contributed by atoms with van der Waals surface area (Å²) in [5, 5.41) is 5.54. The van der Waals surface area contributed by atoms with E-state index in [1.54, 1.807) is 12.1 Å². The van der Waals surface area contributed by atoms with E-state index in [2.05, 4.69) is 33.2 Å². The maximum Gasteiger partial charge on any atom is 0.243 e. The molecule has 1 amide bonds. The third kappa shape index (κ3) is 4.19. The summed E-state index contributed by atoms with van der Waals surface area (Å²) in [6.07, 6.45) is 0. The number of carbonyl (C=O) groups excluding carboxylic acids is 1. The van der Waals surface area contributed by atoms with Gasteiger partial charge in [-0.3, -0.25) is 4.79 Å². The van der Waals surface area contributed by atoms with Crippen LogP contribution in [0.4, 0.5) is 15.8 Å². The molecule has 0 saturated carbocycles. The first-order valence-electron chi connectivity index (χ1n) is 6.10. The summed E-state index contributed by atoms with van der Waals surface area (Å²) < 4.78 is 14.6. The number of benzene rings is 2. The minimum atomic E-state index is -0.355. The number of hydrogen-bond acceptors (Lipinski definition) is 2. The van der Waals surface area contributed by atoms with Crippen LogP contribution >= 0.6 is 22.6 Å². The number of amides is 1. The molecule has 0 heterocycles. The minimum Gasteiger partial charge on any atom is -0.374 e. The summed E-state index contributed by atoms with van der Waals surface area (Å²) in [7, 11) is 0. The first-order valence-corrected chi connectivity index (χ1v) is 7.18. The van der Waals surface area contributed by atoms with Gasteiger partial charge in [-0.15, -0.1) is 0 Å². The lowest BCUT2D eigenvalue weighted by Crippen LogP contribution is -2.22. The van der Waals surface area contributed by atoms with Crippen LogP contribution < -0.4 is 10.6 Å². The van der Waals surface area contributed by atoms with Gasteiger partial charge >= 0.3 is 0 Å². The van der Waals surface area contributed by atoms with Crippen molar-refractivity contribution in [2.45, 2.75) is 6.92 Å². The molecule has 0 spiro atoms. The zero-order chi connectivity index (χ0) is 14.5. The maximum absolute atomic E-state index is 13.6. The number of carbonyl (C=O) groups is 1. The Morgan fingerprint density at radius 1 is 1.25 bits per heavy atom. The molecule has 0 atom stereocenters. The van der Waals surface area contributed by atoms with E-state index < -0.39 is 0 Å². The van der Waals surface area contributed by atoms with Gasteiger partial charge in [-0.2, -0.15) is 0 Å². The first-order chi connectivity index (χ1) is 9.54. The van der Waals surface area contributed by atoms with E-state index in [-0.39, 0.29) is 18.3 Å². The van der Waals surface area contributed by atoms with E-state index >= 15 is 0 Å². The maximum atomic E-state index is 13.6. The molecule has 0 radical (unpaired) electrons. The highest BCUT2D eigenvalue weighted by molar-refractivity contribution is 14.1. The zero-order valence-corrected chi connectivity index (χ0v) is 13.1. The van der Waals surface area contributed by atoms with Crippen molar-refractivity contribution in [2.75, 3.05) is 17.2 Å². The van der Waals surface area contributed by atoms with Crippen molar-refractivity contribution < 1.29 is 9.18 Å². The fourth-order valence-electron chi connectivity index (χ4n) is 1.71. The van der Waals surface area contributed by atoms with Gasteiger partial charge in [0.15, 0.2) is 0 Å². The fourth-order valence-corrected chi connectivity index (χ4v) is 2.25. The Balaban J connectivity index is 1.92. The first kappa shape index (κ1) is 14.8. The van der Waals surface area contributed by atoms with Crippen molar-refractivity contribution >= 4 is 39.9 Å². The summed E-state index contributed by atoms with van der Waals surface area (Å²) in [5.74, 6) is -0.570. The van der Waals surface area contributed by atoms with Crippen LogP contribution in [0, 0.1) is 16.3 Å². The molecule has 2 aromatic rings. The third-order valence-corrected chi connectivity index (χ3v) is 3.34. The molecule has 0 unspecified atom stereocenters. The number of aryl methyl sites for hydroxylation is 1. The molecule has 104 valence electrons. The van der Waals surface area contributed by atoms with Crippen LogP contribution in [0.2, 0.25) is 0 Å². The summed E-state index contributed by atoms with van der Waals surface area (Å²) >= 11 is 2.17. The van der Waals surface area contributed by atoms with Crippen molar-refractivity contribution in [1.29, 1.82) is 0 Å². The lowest BCUT2D eigenvalue weighted by atomic mass is 10.2. The van der Waals surface area contributed by atoms with Crippen LogP contribution in [-0.2, 0) is 4.79 Å². The molecule has 0 bridgehead atoms. The SMILES string of the molecule is Cc1ccc(NCC(=O)Nc2cccc(I)c2)c(F)c1. The Kier molecular flexibility index (Phi) is 4.94. The van der Waals surface area contributed by atoms with Crippen molar-refractivity contribution in [2.24, 2.45) is 0 Å². The predicted molar refractivity (Wildman–Crippen MR) is 87.4 cm³/mol. The largest absolute Gasteiger partial charge is 0.374 e. The van der Waals surface area contributed by atoms with E-state index in [1.807, 2.05) is 31.2 Å². The second kappa shape index (κ2) is 6.69. The summed E-state index contributed by atoms with van der Waals surface area (Å²) in [5.41, 5.74) is 1.90. The van der Waals surface area contributed by atoms with Gasteiger partial charge in [0.25, 0.3) is 0 Å². The molecular formula is C15H14FIN2O. The van der Waals surface area contributed by atoms with Gasteiger partial charge in [-0.25, -0.2) is 4.39 Å². The molecule has 0 aromatic heterocycles. The van der Waals surface area contributed by atoms with Crippen molar-refractivity contribution in [3.05, 3.63) is 57.4 Å². The van der Waals surface area contributed by atoms with Gasteiger partial charge in [-0.1, -0.05) is 12.1 Å². The summed E-state index contributed by atoms with van der Waals surface area (Å²) in [4.78, 5) is 11.8. The number of halogens is 2. The molecule has 3 nitrogen and oxygen atoms in total. The molecular weight excluding hydrogens is 370 g/mol. The molecule has 2 rings (SSSR count). The Morgan fingerprint density at radius 3 is 2.75 bits per heavy atom. The predicted octanol–water partition coefficient (Wildman–Crippen LogP) is 3.79. The molecule has 0 aliphatic rings. The molecule has 0 fully saturated rings. The second-order valence-corrected chi connectivity index (χ2v) is 5.64. The van der Waals surface area contributed by atoms with Crippen LogP contribution in [0.25, 0.3) is 0 Å². The van der Waals surface area contributed by atoms with E-state index in [0.29, 0.717) is 5.69 Å². The van der Waals surface area contributed by atoms with Gasteiger partial charge in [0.1, 0.15) is 5.82 Å². The fraction of sp³-hybridized carbons (Fsp3) is 0.133. The van der Waals surface area contributed by atoms with Crippen molar-refractivity contribution in [3.63, 3.8) is 0 Å². The summed E-state index contributed by atoms with van der Waals surface area (Å²) in [6, 6.07) is 12.3. The smallest absolute Gasteiger partial charge is 0.243 e. The lowest BCUT2D eigenvalue weighted by molar-refractivity contribution is -0.114. The quantitative estimate of drug-likeness (QED) is 0.788. The van der Waals surface area contributed by atoms with E-state index in [0.717, 1.165) is 14.8 Å². The lowest BCUT2D eigenvalue weighted by Gasteiger charge is -2.09. The van der Waals surface area contributed by atoms with Gasteiger partial charge in [0, 0.05) is 9.26 Å². The molecule has 0 saturated heterocycles. The Bertz CT molecular complexity index is 631. The van der Waals surface area contributed by atoms with E-state index in [9.17, 15) is 9.18 Å². The molecule has 0 aliphatic heterocycles. The number of hydrogen-bond donors (Lipinski definition) is 2. The highest BCUT2D eigenvalue weighted by Gasteiger charge is 2.05. The van der Waals surface area contributed by atoms with Gasteiger partial charge < -0.3 is 10.6 Å². The number of rotatable bonds is 4. The van der Waals surface area contributed by atoms with Crippen LogP contribution in [-0.4, -0.2) is 12.5 Å². The molecule has 2 aromatic carbocycles. The van der Waals surface area contributed by atoms with Gasteiger partial charge in [-0.05, 0) is 65.4 Å². The van der Waals surface area contributed by atoms with Gasteiger partial charge in [0.05, 0.1) is 12.2 Å². The van der Waals surface area contributed by atoms with Crippen molar-refractivity contribution in [3.8, 4) is 0 Å². The average molecular weight is 384 g/mol. The van der Waals surface area contributed by atoms with Crippen molar-refractivity contribution in [1.82, 2.24) is 0 Å². The Hall–Kier alpha value is -1.63. The molecule has 0 aliphatic carbocycles. The zero-order valence-electron chi connectivity index (χ0n) is 10.9. The molecule has 5 heteroatoms. The van der Waals surface area contributed by atoms with Gasteiger partial charge in [0.2, 0.25) is 5.91 Å². The van der Waals surface area contributed by atoms with Crippen LogP contribution in [0.5, 0.6) is 0 Å². The van der Waals surface area contributed by atoms with Crippen LogP contribution in [0.15, 0.2) is 42.5 Å².